The van der Waals surface area contributed by atoms with Crippen LogP contribution in [0, 0.1) is 10.1 Å². The number of nitrogens with one attached hydrogen (secondary N) is 3. The highest BCUT2D eigenvalue weighted by atomic mass is 16.6. The van der Waals surface area contributed by atoms with E-state index in [1.165, 1.54) is 18.6 Å². The third-order valence-corrected chi connectivity index (χ3v) is 5.59. The molecule has 0 atom stereocenters. The predicted octanol–water partition coefficient (Wildman–Crippen LogP) is 4.44. The molecule has 172 valence electrons. The number of benzene rings is 2. The van der Waals surface area contributed by atoms with Crippen molar-refractivity contribution in [2.24, 2.45) is 5.10 Å². The van der Waals surface area contributed by atoms with Gasteiger partial charge >= 0.3 is 0 Å². The summed E-state index contributed by atoms with van der Waals surface area (Å²) in [6, 6.07) is 14.1. The van der Waals surface area contributed by atoms with E-state index < -0.39 is 4.92 Å². The van der Waals surface area contributed by atoms with Gasteiger partial charge in [-0.25, -0.2) is 5.43 Å². The van der Waals surface area contributed by atoms with E-state index in [4.69, 9.17) is 0 Å². The van der Waals surface area contributed by atoms with Gasteiger partial charge in [-0.1, -0.05) is 18.2 Å². The molecule has 1 aliphatic heterocycles. The zero-order valence-corrected chi connectivity index (χ0v) is 18.3. The Labute approximate surface area is 195 Å². The van der Waals surface area contributed by atoms with Crippen molar-refractivity contribution in [1.29, 1.82) is 0 Å². The maximum absolute atomic E-state index is 10.9. The highest BCUT2D eigenvalue weighted by molar-refractivity contribution is 5.99. The van der Waals surface area contributed by atoms with Gasteiger partial charge in [0.25, 0.3) is 5.69 Å². The highest BCUT2D eigenvalue weighted by Crippen LogP contribution is 2.22. The molecule has 0 amide bonds. The molecule has 1 aliphatic rings. The molecule has 11 nitrogen and oxygen atoms in total. The van der Waals surface area contributed by atoms with Crippen LogP contribution in [0.25, 0.3) is 10.9 Å². The molecular formula is C23H23N9O2. The van der Waals surface area contributed by atoms with Gasteiger partial charge in [0.05, 0.1) is 11.1 Å². The molecule has 5 rings (SSSR count). The Balaban J connectivity index is 1.39. The summed E-state index contributed by atoms with van der Waals surface area (Å²) in [5, 5.41) is 19.4. The zero-order valence-electron chi connectivity index (χ0n) is 18.3. The van der Waals surface area contributed by atoms with Gasteiger partial charge in [-0.15, -0.1) is 0 Å². The van der Waals surface area contributed by atoms with Crippen molar-refractivity contribution in [1.82, 2.24) is 19.9 Å². The number of H-pyrrole nitrogens is 1. The smallest absolute Gasteiger partial charge is 0.269 e. The summed E-state index contributed by atoms with van der Waals surface area (Å²) in [4.78, 5) is 29.4. The Kier molecular flexibility index (Phi) is 5.97. The summed E-state index contributed by atoms with van der Waals surface area (Å²) in [5.41, 5.74) is 5.54. The van der Waals surface area contributed by atoms with E-state index in [0.717, 1.165) is 42.4 Å². The van der Waals surface area contributed by atoms with Crippen LogP contribution in [-0.2, 0) is 0 Å². The van der Waals surface area contributed by atoms with Crippen molar-refractivity contribution in [3.8, 4) is 0 Å². The molecule has 0 aliphatic carbocycles. The van der Waals surface area contributed by atoms with Gasteiger partial charge in [0, 0.05) is 53.6 Å². The van der Waals surface area contributed by atoms with E-state index in [2.05, 4.69) is 40.7 Å². The Morgan fingerprint density at radius 2 is 1.76 bits per heavy atom. The lowest BCUT2D eigenvalue weighted by atomic mass is 10.1. The average molecular weight is 457 g/mol. The zero-order chi connectivity index (χ0) is 23.3. The average Bonchev–Trinajstić information content (AvgIpc) is 3.28. The Bertz CT molecular complexity index is 1330. The van der Waals surface area contributed by atoms with Crippen LogP contribution in [0.1, 0.15) is 24.8 Å². The van der Waals surface area contributed by atoms with Crippen LogP contribution < -0.4 is 15.6 Å². The van der Waals surface area contributed by atoms with E-state index in [-0.39, 0.29) is 5.69 Å². The molecule has 0 radical (unpaired) electrons. The van der Waals surface area contributed by atoms with Crippen molar-refractivity contribution < 1.29 is 4.92 Å². The Hall–Kier alpha value is -4.54. The quantitative estimate of drug-likeness (QED) is 0.210. The number of aromatic nitrogens is 4. The third kappa shape index (κ3) is 4.77. The number of non-ortho nitro benzene ring substituents is 1. The van der Waals surface area contributed by atoms with E-state index in [1.54, 1.807) is 18.3 Å². The van der Waals surface area contributed by atoms with Gasteiger partial charge in [0.1, 0.15) is 0 Å². The van der Waals surface area contributed by atoms with Gasteiger partial charge in [-0.05, 0) is 37.5 Å². The first-order valence-electron chi connectivity index (χ1n) is 11.0. The van der Waals surface area contributed by atoms with Crippen molar-refractivity contribution in [3.63, 3.8) is 0 Å². The molecule has 11 heteroatoms. The topological polar surface area (TPSA) is 137 Å². The molecule has 4 aromatic rings. The van der Waals surface area contributed by atoms with Crippen LogP contribution in [0.3, 0.4) is 0 Å². The summed E-state index contributed by atoms with van der Waals surface area (Å²) in [6.07, 6.45) is 6.96. The first-order valence-corrected chi connectivity index (χ1v) is 11.0. The van der Waals surface area contributed by atoms with Crippen LogP contribution in [0.5, 0.6) is 0 Å². The second-order valence-electron chi connectivity index (χ2n) is 7.92. The third-order valence-electron chi connectivity index (χ3n) is 5.59. The fourth-order valence-corrected chi connectivity index (χ4v) is 3.86. The molecule has 0 unspecified atom stereocenters. The molecule has 1 saturated heterocycles. The van der Waals surface area contributed by atoms with Crippen LogP contribution in [0.4, 0.5) is 29.2 Å². The molecule has 1 fully saturated rings. The minimum absolute atomic E-state index is 0.0178. The number of rotatable bonds is 7. The molecule has 34 heavy (non-hydrogen) atoms. The molecule has 3 heterocycles. The van der Waals surface area contributed by atoms with Crippen LogP contribution in [0.2, 0.25) is 0 Å². The number of nitro groups is 1. The van der Waals surface area contributed by atoms with Gasteiger partial charge in [-0.2, -0.15) is 20.1 Å². The minimum atomic E-state index is -0.436. The number of nitro benzene ring substituents is 1. The second kappa shape index (κ2) is 9.53. The molecule has 3 N–H and O–H groups in total. The molecular weight excluding hydrogens is 434 g/mol. The Morgan fingerprint density at radius 1 is 1.00 bits per heavy atom. The van der Waals surface area contributed by atoms with Gasteiger partial charge < -0.3 is 15.2 Å². The predicted molar refractivity (Wildman–Crippen MR) is 132 cm³/mol. The summed E-state index contributed by atoms with van der Waals surface area (Å²) in [6.45, 7) is 1.75. The standard InChI is InChI=1S/C23H23N9O2/c33-32(34)18-10-8-17(9-11-18)26-21-27-22(29-23(28-21)31-12-4-1-5-13-31)30-25-15-16-14-24-20-7-3-2-6-19(16)20/h2-3,6-11,14-15,24H,1,4-5,12-13H2,(H2,26,27,28,29,30). The van der Waals surface area contributed by atoms with Gasteiger partial charge in [0.15, 0.2) is 0 Å². The molecule has 0 bridgehead atoms. The number of para-hydroxylation sites is 1. The number of hydrogen-bond donors (Lipinski definition) is 3. The summed E-state index contributed by atoms with van der Waals surface area (Å²) in [5.74, 6) is 1.19. The normalized spacial score (nSPS) is 13.9. The number of anilines is 4. The number of hydrazone groups is 1. The first kappa shape index (κ1) is 21.3. The lowest BCUT2D eigenvalue weighted by molar-refractivity contribution is -0.384. The van der Waals surface area contributed by atoms with Crippen molar-refractivity contribution in [3.05, 3.63) is 70.4 Å². The maximum Gasteiger partial charge on any atom is 0.269 e. The largest absolute Gasteiger partial charge is 0.361 e. The summed E-state index contributed by atoms with van der Waals surface area (Å²) < 4.78 is 0. The van der Waals surface area contributed by atoms with E-state index in [0.29, 0.717) is 23.5 Å². The lowest BCUT2D eigenvalue weighted by Gasteiger charge is -2.26. The van der Waals surface area contributed by atoms with Gasteiger partial charge in [0.2, 0.25) is 17.8 Å². The summed E-state index contributed by atoms with van der Waals surface area (Å²) >= 11 is 0. The van der Waals surface area contributed by atoms with E-state index in [1.807, 2.05) is 30.5 Å². The molecule has 0 saturated carbocycles. The van der Waals surface area contributed by atoms with Gasteiger partial charge in [-0.3, -0.25) is 10.1 Å². The van der Waals surface area contributed by atoms with Crippen LogP contribution in [0.15, 0.2) is 59.8 Å². The number of fused-ring (bicyclic) bond motifs is 1. The Morgan fingerprint density at radius 3 is 2.56 bits per heavy atom. The number of piperidine rings is 1. The van der Waals surface area contributed by atoms with E-state index >= 15 is 0 Å². The monoisotopic (exact) mass is 457 g/mol. The maximum atomic E-state index is 10.9. The number of aromatic amines is 1. The van der Waals surface area contributed by atoms with Crippen molar-refractivity contribution in [2.45, 2.75) is 19.3 Å². The molecule has 2 aromatic carbocycles. The fourth-order valence-electron chi connectivity index (χ4n) is 3.86. The van der Waals surface area contributed by atoms with Crippen LogP contribution >= 0.6 is 0 Å². The lowest BCUT2D eigenvalue weighted by Crippen LogP contribution is -2.31. The van der Waals surface area contributed by atoms with Crippen molar-refractivity contribution in [2.75, 3.05) is 28.7 Å². The fraction of sp³-hybridized carbons (Fsp3) is 0.217. The second-order valence-corrected chi connectivity index (χ2v) is 7.92. The van der Waals surface area contributed by atoms with Crippen molar-refractivity contribution >= 4 is 46.3 Å². The van der Waals surface area contributed by atoms with Crippen LogP contribution in [-0.4, -0.2) is 44.2 Å². The summed E-state index contributed by atoms with van der Waals surface area (Å²) in [7, 11) is 0. The number of nitrogens with zero attached hydrogens (tertiary/aromatic N) is 6. The first-order chi connectivity index (χ1) is 16.7. The minimum Gasteiger partial charge on any atom is -0.361 e. The SMILES string of the molecule is O=[N+]([O-])c1ccc(Nc2nc(NN=Cc3c[nH]c4ccccc34)nc(N3CCCCC3)n2)cc1. The molecule has 2 aromatic heterocycles. The van der Waals surface area contributed by atoms with E-state index in [9.17, 15) is 10.1 Å². The molecule has 0 spiro atoms. The number of hydrogen-bond acceptors (Lipinski definition) is 9. The highest BCUT2D eigenvalue weighted by Gasteiger charge is 2.16.